The molecule has 104 valence electrons. The van der Waals surface area contributed by atoms with Crippen LogP contribution in [0.3, 0.4) is 0 Å². The van der Waals surface area contributed by atoms with Crippen molar-refractivity contribution in [3.63, 3.8) is 0 Å². The molecule has 0 saturated carbocycles. The minimum atomic E-state index is -0.399. The van der Waals surface area contributed by atoms with E-state index in [0.29, 0.717) is 13.1 Å². The monoisotopic (exact) mass is 438 g/mol. The Hall–Kier alpha value is -0.340. The number of nitrogens with zero attached hydrogens (tertiary/aromatic N) is 1. The first kappa shape index (κ1) is 15.1. The van der Waals surface area contributed by atoms with Crippen LogP contribution in [0.25, 0.3) is 0 Å². The van der Waals surface area contributed by atoms with Crippen molar-refractivity contribution in [1.82, 2.24) is 4.90 Å². The summed E-state index contributed by atoms with van der Waals surface area (Å²) in [6.45, 7) is 3.08. The van der Waals surface area contributed by atoms with Crippen LogP contribution in [-0.2, 0) is 0 Å². The SMILES string of the molecule is Cc1cc(Br)cc(I)c1NC(=O)N1CCCC(O)C1. The van der Waals surface area contributed by atoms with E-state index >= 15 is 0 Å². The molecular formula is C13H16BrIN2O2. The minimum absolute atomic E-state index is 0.137. The van der Waals surface area contributed by atoms with Gasteiger partial charge in [0.2, 0.25) is 0 Å². The number of likely N-dealkylation sites (tertiary alicyclic amines) is 1. The van der Waals surface area contributed by atoms with Crippen LogP contribution in [0.15, 0.2) is 16.6 Å². The van der Waals surface area contributed by atoms with Crippen LogP contribution in [0.1, 0.15) is 18.4 Å². The molecule has 1 fully saturated rings. The molecule has 4 nitrogen and oxygen atoms in total. The Balaban J connectivity index is 2.10. The molecule has 2 amide bonds. The van der Waals surface area contributed by atoms with E-state index < -0.39 is 6.10 Å². The zero-order chi connectivity index (χ0) is 14.0. The molecular weight excluding hydrogens is 423 g/mol. The lowest BCUT2D eigenvalue weighted by atomic mass is 10.1. The van der Waals surface area contributed by atoms with Crippen molar-refractivity contribution in [2.45, 2.75) is 25.9 Å². The smallest absolute Gasteiger partial charge is 0.321 e. The van der Waals surface area contributed by atoms with Crippen LogP contribution < -0.4 is 5.32 Å². The van der Waals surface area contributed by atoms with Crippen LogP contribution in [0.4, 0.5) is 10.5 Å². The maximum Gasteiger partial charge on any atom is 0.321 e. The zero-order valence-corrected chi connectivity index (χ0v) is 14.4. The standard InChI is InChI=1S/C13H16BrIN2O2/c1-8-5-9(14)6-11(15)12(8)16-13(19)17-4-2-3-10(18)7-17/h5-6,10,18H,2-4,7H2,1H3,(H,16,19). The van der Waals surface area contributed by atoms with Crippen molar-refractivity contribution in [3.05, 3.63) is 25.7 Å². The average molecular weight is 439 g/mol. The summed E-state index contributed by atoms with van der Waals surface area (Å²) in [5.41, 5.74) is 1.86. The van der Waals surface area contributed by atoms with Gasteiger partial charge in [-0.3, -0.25) is 0 Å². The number of carbonyl (C=O) groups excluding carboxylic acids is 1. The lowest BCUT2D eigenvalue weighted by molar-refractivity contribution is 0.0883. The number of aryl methyl sites for hydroxylation is 1. The number of piperidine rings is 1. The third kappa shape index (κ3) is 3.82. The first-order chi connectivity index (χ1) is 8.97. The highest BCUT2D eigenvalue weighted by Crippen LogP contribution is 2.27. The van der Waals surface area contributed by atoms with Crippen molar-refractivity contribution in [2.75, 3.05) is 18.4 Å². The van der Waals surface area contributed by atoms with Gasteiger partial charge in [-0.25, -0.2) is 4.79 Å². The molecule has 2 N–H and O–H groups in total. The molecule has 1 aromatic carbocycles. The van der Waals surface area contributed by atoms with Gasteiger partial charge < -0.3 is 15.3 Å². The van der Waals surface area contributed by atoms with Gasteiger partial charge in [0.25, 0.3) is 0 Å². The topological polar surface area (TPSA) is 52.6 Å². The van der Waals surface area contributed by atoms with Gasteiger partial charge in [0.15, 0.2) is 0 Å². The molecule has 0 aromatic heterocycles. The largest absolute Gasteiger partial charge is 0.391 e. The molecule has 1 unspecified atom stereocenters. The molecule has 0 bridgehead atoms. The quantitative estimate of drug-likeness (QED) is 0.660. The Bertz CT molecular complexity index is 473. The number of rotatable bonds is 1. The van der Waals surface area contributed by atoms with Gasteiger partial charge in [0.1, 0.15) is 0 Å². The Morgan fingerprint density at radius 1 is 1.58 bits per heavy atom. The maximum atomic E-state index is 12.2. The number of halogens is 2. The number of urea groups is 1. The minimum Gasteiger partial charge on any atom is -0.391 e. The fourth-order valence-electron chi connectivity index (χ4n) is 2.19. The van der Waals surface area contributed by atoms with Crippen LogP contribution in [-0.4, -0.2) is 35.2 Å². The molecule has 1 saturated heterocycles. The van der Waals surface area contributed by atoms with Crippen molar-refractivity contribution in [2.24, 2.45) is 0 Å². The summed E-state index contributed by atoms with van der Waals surface area (Å²) in [5.74, 6) is 0. The lowest BCUT2D eigenvalue weighted by Gasteiger charge is -2.30. The average Bonchev–Trinajstić information content (AvgIpc) is 2.33. The van der Waals surface area contributed by atoms with Crippen LogP contribution >= 0.6 is 38.5 Å². The third-order valence-corrected chi connectivity index (χ3v) is 4.48. The molecule has 1 aliphatic rings. The van der Waals surface area contributed by atoms with Gasteiger partial charge in [-0.05, 0) is 60.1 Å². The first-order valence-corrected chi connectivity index (χ1v) is 8.04. The van der Waals surface area contributed by atoms with E-state index in [1.807, 2.05) is 19.1 Å². The summed E-state index contributed by atoms with van der Waals surface area (Å²) in [6, 6.07) is 3.80. The van der Waals surface area contributed by atoms with E-state index in [4.69, 9.17) is 0 Å². The third-order valence-electron chi connectivity index (χ3n) is 3.17. The van der Waals surface area contributed by atoms with Crippen LogP contribution in [0.2, 0.25) is 0 Å². The van der Waals surface area contributed by atoms with Crippen molar-refractivity contribution >= 4 is 50.2 Å². The number of aliphatic hydroxyl groups excluding tert-OH is 1. The number of hydrogen-bond donors (Lipinski definition) is 2. The lowest BCUT2D eigenvalue weighted by Crippen LogP contribution is -2.44. The summed E-state index contributed by atoms with van der Waals surface area (Å²) < 4.78 is 2.00. The van der Waals surface area contributed by atoms with Gasteiger partial charge in [-0.1, -0.05) is 15.9 Å². The van der Waals surface area contributed by atoms with Gasteiger partial charge in [0, 0.05) is 21.1 Å². The van der Waals surface area contributed by atoms with Crippen molar-refractivity contribution < 1.29 is 9.90 Å². The number of nitrogens with one attached hydrogen (secondary N) is 1. The molecule has 1 aliphatic heterocycles. The number of amides is 2. The highest BCUT2D eigenvalue weighted by molar-refractivity contribution is 14.1. The molecule has 19 heavy (non-hydrogen) atoms. The number of anilines is 1. The predicted octanol–water partition coefficient (Wildman–Crippen LogP) is 3.35. The predicted molar refractivity (Wildman–Crippen MR) is 87.4 cm³/mol. The van der Waals surface area contributed by atoms with E-state index in [1.165, 1.54) is 0 Å². The summed E-state index contributed by atoms with van der Waals surface area (Å²) >= 11 is 5.64. The number of β-amino-alcohol motifs (C(OH)–C–C–N with tert-alkyl or cyclic N) is 1. The molecule has 0 spiro atoms. The normalized spacial score (nSPS) is 19.4. The van der Waals surface area contributed by atoms with Gasteiger partial charge >= 0.3 is 6.03 Å². The molecule has 2 rings (SSSR count). The summed E-state index contributed by atoms with van der Waals surface area (Å²) in [6.07, 6.45) is 1.23. The summed E-state index contributed by atoms with van der Waals surface area (Å²) in [5, 5.41) is 12.6. The van der Waals surface area contributed by atoms with Gasteiger partial charge in [-0.2, -0.15) is 0 Å². The van der Waals surface area contributed by atoms with E-state index in [-0.39, 0.29) is 6.03 Å². The summed E-state index contributed by atoms with van der Waals surface area (Å²) in [4.78, 5) is 13.9. The highest BCUT2D eigenvalue weighted by Gasteiger charge is 2.22. The second kappa shape index (κ2) is 6.41. The molecule has 1 heterocycles. The number of hydrogen-bond acceptors (Lipinski definition) is 2. The Morgan fingerprint density at radius 3 is 2.95 bits per heavy atom. The van der Waals surface area contributed by atoms with Gasteiger partial charge in [0.05, 0.1) is 11.8 Å². The van der Waals surface area contributed by atoms with Crippen LogP contribution in [0.5, 0.6) is 0 Å². The van der Waals surface area contributed by atoms with E-state index in [0.717, 1.165) is 32.1 Å². The Labute approximate surface area is 134 Å². The van der Waals surface area contributed by atoms with Crippen molar-refractivity contribution in [1.29, 1.82) is 0 Å². The number of benzene rings is 1. The van der Waals surface area contributed by atoms with E-state index in [1.54, 1.807) is 4.90 Å². The second-order valence-corrected chi connectivity index (χ2v) is 6.83. The Kier molecular flexibility index (Phi) is 5.08. The molecule has 0 radical (unpaired) electrons. The second-order valence-electron chi connectivity index (χ2n) is 4.75. The van der Waals surface area contributed by atoms with E-state index in [2.05, 4.69) is 43.8 Å². The highest BCUT2D eigenvalue weighted by atomic mass is 127. The molecule has 0 aliphatic carbocycles. The van der Waals surface area contributed by atoms with Crippen molar-refractivity contribution in [3.8, 4) is 0 Å². The Morgan fingerprint density at radius 2 is 2.32 bits per heavy atom. The molecule has 1 atom stereocenters. The van der Waals surface area contributed by atoms with Gasteiger partial charge in [-0.15, -0.1) is 0 Å². The maximum absolute atomic E-state index is 12.2. The fourth-order valence-corrected chi connectivity index (χ4v) is 4.08. The van der Waals surface area contributed by atoms with Crippen LogP contribution in [0, 0.1) is 10.5 Å². The molecule has 6 heteroatoms. The zero-order valence-electron chi connectivity index (χ0n) is 10.6. The number of carbonyl (C=O) groups is 1. The summed E-state index contributed by atoms with van der Waals surface area (Å²) in [7, 11) is 0. The number of aliphatic hydroxyl groups is 1. The van der Waals surface area contributed by atoms with E-state index in [9.17, 15) is 9.90 Å². The first-order valence-electron chi connectivity index (χ1n) is 6.17. The fraction of sp³-hybridized carbons (Fsp3) is 0.462. The molecule has 1 aromatic rings.